The van der Waals surface area contributed by atoms with E-state index in [0.29, 0.717) is 17.1 Å². The Labute approximate surface area is 205 Å². The molecule has 0 radical (unpaired) electrons. The van der Waals surface area contributed by atoms with Crippen LogP contribution < -0.4 is 14.4 Å². The van der Waals surface area contributed by atoms with Crippen LogP contribution >= 0.6 is 11.3 Å². The topological polar surface area (TPSA) is 86.0 Å². The van der Waals surface area contributed by atoms with Crippen LogP contribution in [0.2, 0.25) is 0 Å². The molecule has 1 aromatic heterocycles. The molecular weight excluding hydrogens is 450 g/mol. The number of hydrogen-bond acceptors (Lipinski definition) is 7. The van der Waals surface area contributed by atoms with Crippen molar-refractivity contribution >= 4 is 34.0 Å². The minimum Gasteiger partial charge on any atom is -0.493 e. The summed E-state index contributed by atoms with van der Waals surface area (Å²) >= 11 is 1.64. The number of rotatable bonds is 10. The number of allylic oxidation sites excluding steroid dienone is 1. The fourth-order valence-electron chi connectivity index (χ4n) is 4.62. The molecule has 1 N–H and O–H groups in total. The summed E-state index contributed by atoms with van der Waals surface area (Å²) in [5.74, 6) is 0.643. The van der Waals surface area contributed by atoms with Gasteiger partial charge in [-0.25, -0.2) is 0 Å². The molecule has 2 heterocycles. The maximum absolute atomic E-state index is 11.9. The van der Waals surface area contributed by atoms with E-state index in [9.17, 15) is 15.2 Å². The van der Waals surface area contributed by atoms with E-state index in [2.05, 4.69) is 17.0 Å². The normalized spacial score (nSPS) is 15.8. The highest BCUT2D eigenvalue weighted by Crippen LogP contribution is 2.35. The number of piperidine rings is 1. The number of aliphatic carboxylic acids is 1. The molecule has 182 valence electrons. The number of likely N-dealkylation sites (N-methyl/N-ethyl adjacent to an activating group) is 1. The van der Waals surface area contributed by atoms with Crippen molar-refractivity contribution in [2.75, 3.05) is 45.3 Å². The van der Waals surface area contributed by atoms with Gasteiger partial charge in [0.15, 0.2) is 11.5 Å². The summed E-state index contributed by atoms with van der Waals surface area (Å²) in [5, 5.41) is 20.7. The lowest BCUT2D eigenvalue weighted by atomic mass is 9.88. The first-order chi connectivity index (χ1) is 16.4. The second-order valence-electron chi connectivity index (χ2n) is 8.24. The molecule has 34 heavy (non-hydrogen) atoms. The van der Waals surface area contributed by atoms with Gasteiger partial charge in [-0.3, -0.25) is 9.69 Å². The summed E-state index contributed by atoms with van der Waals surface area (Å²) in [4.78, 5) is 17.3. The van der Waals surface area contributed by atoms with Gasteiger partial charge < -0.3 is 19.5 Å². The summed E-state index contributed by atoms with van der Waals surface area (Å²) in [6.45, 7) is 7.20. The summed E-state index contributed by atoms with van der Waals surface area (Å²) in [7, 11) is 3.16. The highest BCUT2D eigenvalue weighted by Gasteiger charge is 2.34. The molecule has 0 saturated carbocycles. The van der Waals surface area contributed by atoms with Gasteiger partial charge in [-0.2, -0.15) is 5.26 Å². The summed E-state index contributed by atoms with van der Waals surface area (Å²) in [5.41, 5.74) is 1.32. The SMILES string of the molecule is CCN(CC)C(C(=O)O)C1CCN(c2ccc(/C=C(\C#N)c3ccc(OC)c(OC)c3)s2)CC1. The quantitative estimate of drug-likeness (QED) is 0.484. The summed E-state index contributed by atoms with van der Waals surface area (Å²) < 4.78 is 10.7. The minimum atomic E-state index is -0.718. The number of nitrogens with zero attached hydrogens (tertiary/aromatic N) is 3. The maximum Gasteiger partial charge on any atom is 0.321 e. The summed E-state index contributed by atoms with van der Waals surface area (Å²) in [6.07, 6.45) is 3.60. The molecular formula is C26H33N3O4S. The van der Waals surface area contributed by atoms with Crippen molar-refractivity contribution < 1.29 is 19.4 Å². The third-order valence-corrected chi connectivity index (χ3v) is 7.56. The lowest BCUT2D eigenvalue weighted by molar-refractivity contribution is -0.145. The van der Waals surface area contributed by atoms with Crippen molar-refractivity contribution in [3.63, 3.8) is 0 Å². The average Bonchev–Trinajstić information content (AvgIpc) is 3.33. The largest absolute Gasteiger partial charge is 0.493 e. The van der Waals surface area contributed by atoms with Crippen molar-refractivity contribution in [1.29, 1.82) is 5.26 Å². The van der Waals surface area contributed by atoms with Gasteiger partial charge in [0.1, 0.15) is 6.04 Å². The van der Waals surface area contributed by atoms with Gasteiger partial charge in [0, 0.05) is 18.0 Å². The maximum atomic E-state index is 11.9. The molecule has 1 fully saturated rings. The van der Waals surface area contributed by atoms with Gasteiger partial charge in [0.05, 0.1) is 30.9 Å². The molecule has 2 aromatic rings. The van der Waals surface area contributed by atoms with Crippen LogP contribution in [0.5, 0.6) is 11.5 Å². The Morgan fingerprint density at radius 3 is 2.44 bits per heavy atom. The van der Waals surface area contributed by atoms with Gasteiger partial charge in [0.2, 0.25) is 0 Å². The lowest BCUT2D eigenvalue weighted by Crippen LogP contribution is -2.49. The number of methoxy groups -OCH3 is 2. The number of anilines is 1. The Kier molecular flexibility index (Phi) is 8.97. The van der Waals surface area contributed by atoms with Crippen LogP contribution in [0.25, 0.3) is 11.6 Å². The van der Waals surface area contributed by atoms with Crippen molar-refractivity contribution in [3.05, 3.63) is 40.8 Å². The predicted octanol–water partition coefficient (Wildman–Crippen LogP) is 4.84. The minimum absolute atomic E-state index is 0.156. The van der Waals surface area contributed by atoms with Crippen LogP contribution in [0, 0.1) is 17.2 Å². The van der Waals surface area contributed by atoms with E-state index in [1.54, 1.807) is 31.6 Å². The molecule has 7 nitrogen and oxygen atoms in total. The van der Waals surface area contributed by atoms with Gasteiger partial charge in [0.25, 0.3) is 0 Å². The van der Waals surface area contributed by atoms with E-state index in [1.165, 1.54) is 0 Å². The molecule has 1 saturated heterocycles. The van der Waals surface area contributed by atoms with E-state index in [0.717, 1.165) is 54.5 Å². The van der Waals surface area contributed by atoms with Gasteiger partial charge in [-0.05, 0) is 73.8 Å². The van der Waals surface area contributed by atoms with Crippen molar-refractivity contribution in [1.82, 2.24) is 4.90 Å². The van der Waals surface area contributed by atoms with Crippen LogP contribution in [-0.4, -0.2) is 62.4 Å². The van der Waals surface area contributed by atoms with E-state index in [4.69, 9.17) is 9.47 Å². The molecule has 1 atom stereocenters. The Morgan fingerprint density at radius 1 is 1.21 bits per heavy atom. The van der Waals surface area contributed by atoms with Crippen LogP contribution in [0.15, 0.2) is 30.3 Å². The van der Waals surface area contributed by atoms with E-state index >= 15 is 0 Å². The number of thiophene rings is 1. The molecule has 1 aromatic carbocycles. The molecule has 1 aliphatic heterocycles. The Bertz CT molecular complexity index is 1050. The van der Waals surface area contributed by atoms with E-state index < -0.39 is 12.0 Å². The monoisotopic (exact) mass is 483 g/mol. The summed E-state index contributed by atoms with van der Waals surface area (Å²) in [6, 6.07) is 11.4. The Morgan fingerprint density at radius 2 is 1.88 bits per heavy atom. The second kappa shape index (κ2) is 11.9. The average molecular weight is 484 g/mol. The molecule has 1 unspecified atom stereocenters. The molecule has 0 bridgehead atoms. The second-order valence-corrected chi connectivity index (χ2v) is 9.34. The molecule has 0 amide bonds. The van der Waals surface area contributed by atoms with Crippen molar-refractivity contribution in [2.45, 2.75) is 32.7 Å². The van der Waals surface area contributed by atoms with Crippen molar-refractivity contribution in [2.24, 2.45) is 5.92 Å². The zero-order valence-corrected chi connectivity index (χ0v) is 21.1. The van der Waals surface area contributed by atoms with Crippen molar-refractivity contribution in [3.8, 4) is 17.6 Å². The highest BCUT2D eigenvalue weighted by molar-refractivity contribution is 7.17. The number of carboxylic acid groups (broad SMARTS) is 1. The van der Waals surface area contributed by atoms with Crippen LogP contribution in [0.4, 0.5) is 5.00 Å². The van der Waals surface area contributed by atoms with Gasteiger partial charge >= 0.3 is 5.97 Å². The fraction of sp³-hybridized carbons (Fsp3) is 0.462. The van der Waals surface area contributed by atoms with Crippen LogP contribution in [-0.2, 0) is 4.79 Å². The molecule has 0 spiro atoms. The smallest absolute Gasteiger partial charge is 0.321 e. The van der Waals surface area contributed by atoms with Gasteiger partial charge in [-0.15, -0.1) is 11.3 Å². The number of nitriles is 1. The molecule has 3 rings (SSSR count). The predicted molar refractivity (Wildman–Crippen MR) is 137 cm³/mol. The van der Waals surface area contributed by atoms with E-state index in [1.807, 2.05) is 43.0 Å². The van der Waals surface area contributed by atoms with Crippen LogP contribution in [0.3, 0.4) is 0 Å². The highest BCUT2D eigenvalue weighted by atomic mass is 32.1. The molecule has 1 aliphatic rings. The molecule has 8 heteroatoms. The zero-order chi connectivity index (χ0) is 24.7. The number of carbonyl (C=O) groups is 1. The first-order valence-electron chi connectivity index (χ1n) is 11.6. The standard InChI is InChI=1S/C26H33N3O4S/c1-5-28(6-2)25(26(30)31)18-11-13-29(14-12-18)24-10-8-21(34-24)15-20(17-27)19-7-9-22(32-3)23(16-19)33-4/h7-10,15-16,18,25H,5-6,11-14H2,1-4H3,(H,30,31)/b20-15+. The zero-order valence-electron chi connectivity index (χ0n) is 20.3. The third-order valence-electron chi connectivity index (χ3n) is 6.47. The van der Waals surface area contributed by atoms with E-state index in [-0.39, 0.29) is 5.92 Å². The first kappa shape index (κ1) is 25.6. The number of hydrogen-bond donors (Lipinski definition) is 1. The van der Waals surface area contributed by atoms with Gasteiger partial charge in [-0.1, -0.05) is 13.8 Å². The number of carboxylic acids is 1. The Hall–Kier alpha value is -3.02. The Balaban J connectivity index is 1.71. The van der Waals surface area contributed by atoms with Crippen LogP contribution in [0.1, 0.15) is 37.1 Å². The lowest BCUT2D eigenvalue weighted by Gasteiger charge is -2.38. The number of benzene rings is 1. The molecule has 0 aliphatic carbocycles. The fourth-order valence-corrected chi connectivity index (χ4v) is 5.63. The number of ether oxygens (including phenoxy) is 2. The first-order valence-corrected chi connectivity index (χ1v) is 12.4. The third kappa shape index (κ3) is 5.72.